The van der Waals surface area contributed by atoms with Crippen LogP contribution in [0.2, 0.25) is 0 Å². The van der Waals surface area contributed by atoms with Gasteiger partial charge in [0.1, 0.15) is 11.2 Å². The smallest absolute Gasteiger partial charge is 0.137 e. The maximum atomic E-state index is 6.69. The lowest BCUT2D eigenvalue weighted by Crippen LogP contribution is -2.26. The Balaban J connectivity index is 0.956. The minimum absolute atomic E-state index is 0.627. The van der Waals surface area contributed by atoms with Gasteiger partial charge in [-0.2, -0.15) is 0 Å². The quantitative estimate of drug-likeness (QED) is 0.151. The van der Waals surface area contributed by atoms with Crippen LogP contribution >= 0.6 is 0 Å². The molecule has 370 valence electrons. The molecule has 1 fully saturated rings. The van der Waals surface area contributed by atoms with Crippen molar-refractivity contribution in [3.63, 3.8) is 0 Å². The maximum Gasteiger partial charge on any atom is 0.137 e. The van der Waals surface area contributed by atoms with E-state index in [2.05, 4.69) is 271 Å². The molecule has 0 N–H and O–H groups in total. The minimum Gasteiger partial charge on any atom is -0.456 e. The van der Waals surface area contributed by atoms with Gasteiger partial charge >= 0.3 is 0 Å². The van der Waals surface area contributed by atoms with Crippen molar-refractivity contribution in [3.8, 4) is 33.4 Å². The number of furan rings is 1. The average molecular weight is 999 g/mol. The zero-order valence-electron chi connectivity index (χ0n) is 43.2. The fourth-order valence-electron chi connectivity index (χ4n) is 14.2. The third kappa shape index (κ3) is 6.77. The lowest BCUT2D eigenvalue weighted by Gasteiger charge is -2.34. The SMILES string of the molecule is c1ccc(-c2c(N(c3ccc4c(c3)C3(c5ccccc5-c5ccc(N(c6ccc(C7CCCCC7)cc6)c6ccc7ccccc7c6)cc53)c3ccccc3-4)c3cccc4oc5ccccc5c34)ccc3ccccc23)cc1. The first-order valence-corrected chi connectivity index (χ1v) is 27.8. The normalized spacial score (nSPS) is 15.4. The van der Waals surface area contributed by atoms with Crippen LogP contribution in [0.3, 0.4) is 0 Å². The van der Waals surface area contributed by atoms with Crippen molar-refractivity contribution in [2.24, 2.45) is 0 Å². The molecule has 1 atom stereocenters. The van der Waals surface area contributed by atoms with Crippen molar-refractivity contribution < 1.29 is 4.42 Å². The van der Waals surface area contributed by atoms with Gasteiger partial charge in [0.25, 0.3) is 0 Å². The van der Waals surface area contributed by atoms with E-state index in [-0.39, 0.29) is 0 Å². The van der Waals surface area contributed by atoms with Crippen molar-refractivity contribution in [2.75, 3.05) is 9.80 Å². The van der Waals surface area contributed by atoms with E-state index in [1.165, 1.54) is 109 Å². The largest absolute Gasteiger partial charge is 0.456 e. The Morgan fingerprint density at radius 1 is 0.346 bits per heavy atom. The highest BCUT2D eigenvalue weighted by Gasteiger charge is 2.52. The van der Waals surface area contributed by atoms with Crippen molar-refractivity contribution in [2.45, 2.75) is 43.4 Å². The minimum atomic E-state index is -0.643. The second-order valence-electron chi connectivity index (χ2n) is 21.7. The molecule has 1 aromatic heterocycles. The van der Waals surface area contributed by atoms with Crippen molar-refractivity contribution in [1.29, 1.82) is 0 Å². The Kier molecular flexibility index (Phi) is 10.2. The highest BCUT2D eigenvalue weighted by Crippen LogP contribution is 2.64. The zero-order chi connectivity index (χ0) is 51.3. The molecule has 16 rings (SSSR count). The molecule has 78 heavy (non-hydrogen) atoms. The number of anilines is 6. The van der Waals surface area contributed by atoms with Gasteiger partial charge in [-0.25, -0.2) is 0 Å². The summed E-state index contributed by atoms with van der Waals surface area (Å²) in [6, 6.07) is 97.6. The molecule has 1 spiro atoms. The summed E-state index contributed by atoms with van der Waals surface area (Å²) in [5.41, 5.74) is 21.8. The summed E-state index contributed by atoms with van der Waals surface area (Å²) in [5, 5.41) is 7.03. The molecule has 3 aliphatic rings. The molecule has 12 aromatic carbocycles. The van der Waals surface area contributed by atoms with Gasteiger partial charge in [-0.05, 0) is 169 Å². The predicted octanol–water partition coefficient (Wildman–Crippen LogP) is 20.9. The van der Waals surface area contributed by atoms with Crippen molar-refractivity contribution >= 4 is 77.6 Å². The number of rotatable bonds is 8. The molecule has 13 aromatic rings. The highest BCUT2D eigenvalue weighted by molar-refractivity contribution is 6.15. The van der Waals surface area contributed by atoms with Crippen LogP contribution in [0.15, 0.2) is 265 Å². The van der Waals surface area contributed by atoms with Crippen molar-refractivity contribution in [3.05, 3.63) is 289 Å². The Morgan fingerprint density at radius 3 is 1.64 bits per heavy atom. The molecular formula is C75H54N2O. The molecule has 0 aliphatic heterocycles. The van der Waals surface area contributed by atoms with Gasteiger partial charge in [0, 0.05) is 33.7 Å². The Labute approximate surface area is 454 Å². The summed E-state index contributed by atoms with van der Waals surface area (Å²) < 4.78 is 6.69. The van der Waals surface area contributed by atoms with Gasteiger partial charge in [0.2, 0.25) is 0 Å². The molecule has 3 aliphatic carbocycles. The van der Waals surface area contributed by atoms with E-state index in [0.717, 1.165) is 61.6 Å². The predicted molar refractivity (Wildman–Crippen MR) is 326 cm³/mol. The van der Waals surface area contributed by atoms with E-state index >= 15 is 0 Å². The van der Waals surface area contributed by atoms with Gasteiger partial charge in [0.05, 0.1) is 22.2 Å². The average Bonchev–Trinajstić information content (AvgIpc) is 3.12. The fourth-order valence-corrected chi connectivity index (χ4v) is 14.2. The van der Waals surface area contributed by atoms with Crippen LogP contribution in [0, 0.1) is 0 Å². The number of benzene rings is 12. The van der Waals surface area contributed by atoms with E-state index < -0.39 is 5.41 Å². The number of hydrogen-bond donors (Lipinski definition) is 0. The fraction of sp³-hybridized carbons (Fsp3) is 0.0933. The van der Waals surface area contributed by atoms with Gasteiger partial charge in [-0.3, -0.25) is 0 Å². The van der Waals surface area contributed by atoms with Crippen LogP contribution in [-0.4, -0.2) is 0 Å². The monoisotopic (exact) mass is 998 g/mol. The molecule has 1 saturated carbocycles. The molecule has 0 amide bonds. The molecule has 1 heterocycles. The number of hydrogen-bond acceptors (Lipinski definition) is 3. The first-order valence-electron chi connectivity index (χ1n) is 27.8. The third-order valence-corrected chi connectivity index (χ3v) is 17.6. The number of para-hydroxylation sites is 1. The summed E-state index contributed by atoms with van der Waals surface area (Å²) in [4.78, 5) is 5.02. The van der Waals surface area contributed by atoms with Crippen LogP contribution in [-0.2, 0) is 5.41 Å². The third-order valence-electron chi connectivity index (χ3n) is 17.6. The molecular weight excluding hydrogens is 945 g/mol. The number of nitrogens with zero attached hydrogens (tertiary/aromatic N) is 2. The summed E-state index contributed by atoms with van der Waals surface area (Å²) in [6.45, 7) is 0. The lowest BCUT2D eigenvalue weighted by atomic mass is 9.70. The van der Waals surface area contributed by atoms with Crippen LogP contribution in [0.5, 0.6) is 0 Å². The van der Waals surface area contributed by atoms with Crippen LogP contribution in [0.25, 0.3) is 76.9 Å². The molecule has 3 nitrogen and oxygen atoms in total. The Morgan fingerprint density at radius 2 is 0.897 bits per heavy atom. The second-order valence-corrected chi connectivity index (χ2v) is 21.7. The van der Waals surface area contributed by atoms with E-state index in [0.29, 0.717) is 5.92 Å². The van der Waals surface area contributed by atoms with E-state index in [4.69, 9.17) is 4.42 Å². The first-order chi connectivity index (χ1) is 38.7. The first kappa shape index (κ1) is 44.8. The zero-order valence-corrected chi connectivity index (χ0v) is 43.2. The molecule has 3 heteroatoms. The molecule has 0 bridgehead atoms. The summed E-state index contributed by atoms with van der Waals surface area (Å²) in [6.07, 6.45) is 6.53. The standard InChI is InChI=1S/C75H54N2O/c1-3-18-49(19-4-1)51-34-38-55(39-35-51)76(56-40-36-50-20-7-8-24-54(50)46-56)57-41-43-62-60-26-11-14-29-65(60)75(67(62)47-57)66-30-15-12-27-61(66)63-44-42-58(48-68(63)75)77(69-31-17-33-72-74(69)64-28-13-16-32-71(64)78-72)70-45-37-52-21-9-10-25-59(52)73(70)53-22-5-2-6-23-53/h2,5-17,20-49H,1,3-4,18-19H2. The van der Waals surface area contributed by atoms with Crippen LogP contribution in [0.1, 0.15) is 65.8 Å². The molecule has 0 saturated heterocycles. The lowest BCUT2D eigenvalue weighted by molar-refractivity contribution is 0.443. The summed E-state index contributed by atoms with van der Waals surface area (Å²) in [5.74, 6) is 0.627. The Bertz CT molecular complexity index is 4490. The van der Waals surface area contributed by atoms with Gasteiger partial charge in [-0.15, -0.1) is 0 Å². The summed E-state index contributed by atoms with van der Waals surface area (Å²) >= 11 is 0. The highest BCUT2D eigenvalue weighted by atomic mass is 16.3. The van der Waals surface area contributed by atoms with Gasteiger partial charge < -0.3 is 14.2 Å². The molecule has 1 unspecified atom stereocenters. The van der Waals surface area contributed by atoms with Gasteiger partial charge in [-0.1, -0.05) is 207 Å². The summed E-state index contributed by atoms with van der Waals surface area (Å²) in [7, 11) is 0. The molecule has 0 radical (unpaired) electrons. The van der Waals surface area contributed by atoms with Crippen molar-refractivity contribution in [1.82, 2.24) is 0 Å². The van der Waals surface area contributed by atoms with E-state index in [9.17, 15) is 0 Å². The van der Waals surface area contributed by atoms with Crippen LogP contribution in [0.4, 0.5) is 34.1 Å². The number of fused-ring (bicyclic) bond motifs is 15. The topological polar surface area (TPSA) is 19.6 Å². The Hall–Kier alpha value is -9.44. The second kappa shape index (κ2) is 17.8. The van der Waals surface area contributed by atoms with Gasteiger partial charge in [0.15, 0.2) is 0 Å². The maximum absolute atomic E-state index is 6.69. The van der Waals surface area contributed by atoms with E-state index in [1.54, 1.807) is 0 Å². The van der Waals surface area contributed by atoms with Crippen LogP contribution < -0.4 is 9.80 Å². The van der Waals surface area contributed by atoms with E-state index in [1.807, 2.05) is 0 Å².